The Morgan fingerprint density at radius 2 is 2.40 bits per heavy atom. The Labute approximate surface area is 59.7 Å². The van der Waals surface area contributed by atoms with Gasteiger partial charge in [-0.1, -0.05) is 0 Å². The van der Waals surface area contributed by atoms with Gasteiger partial charge >= 0.3 is 0 Å². The van der Waals surface area contributed by atoms with Gasteiger partial charge in [-0.15, -0.1) is 0 Å². The predicted octanol–water partition coefficient (Wildman–Crippen LogP) is 0.752. The van der Waals surface area contributed by atoms with Gasteiger partial charge in [0.2, 0.25) is 0 Å². The van der Waals surface area contributed by atoms with Crippen molar-refractivity contribution in [1.82, 2.24) is 4.98 Å². The van der Waals surface area contributed by atoms with Gasteiger partial charge in [-0.05, 0) is 19.1 Å². The monoisotopic (exact) mass is 138 g/mol. The van der Waals surface area contributed by atoms with Crippen LogP contribution in [0, 0.1) is 6.92 Å². The van der Waals surface area contributed by atoms with E-state index >= 15 is 0 Å². The van der Waals surface area contributed by atoms with Crippen LogP contribution < -0.4 is 5.32 Å². The third-order valence-electron chi connectivity index (χ3n) is 1.19. The fraction of sp³-hybridized carbons (Fsp3) is 0.286. The van der Waals surface area contributed by atoms with Gasteiger partial charge < -0.3 is 10.4 Å². The highest BCUT2D eigenvalue weighted by molar-refractivity contribution is 5.40. The van der Waals surface area contributed by atoms with Gasteiger partial charge in [-0.25, -0.2) is 0 Å². The molecule has 10 heavy (non-hydrogen) atoms. The summed E-state index contributed by atoms with van der Waals surface area (Å²) in [5.74, 6) is 0. The van der Waals surface area contributed by atoms with Crippen molar-refractivity contribution in [2.45, 2.75) is 6.92 Å². The molecule has 0 aliphatic heterocycles. The molecule has 0 atom stereocenters. The fourth-order valence-electron chi connectivity index (χ4n) is 0.664. The summed E-state index contributed by atoms with van der Waals surface area (Å²) in [6.45, 7) is 1.87. The molecule has 1 heterocycles. The van der Waals surface area contributed by atoms with Crippen LogP contribution in [0.25, 0.3) is 0 Å². The number of hydrogen-bond donors (Lipinski definition) is 2. The molecule has 0 aliphatic rings. The largest absolute Gasteiger partial charge is 0.377 e. The van der Waals surface area contributed by atoms with Gasteiger partial charge in [0, 0.05) is 5.69 Å². The van der Waals surface area contributed by atoms with Crippen molar-refractivity contribution < 1.29 is 5.11 Å². The molecule has 1 rings (SSSR count). The van der Waals surface area contributed by atoms with Crippen molar-refractivity contribution in [1.29, 1.82) is 0 Å². The van der Waals surface area contributed by atoms with E-state index in [4.69, 9.17) is 5.11 Å². The third-order valence-corrected chi connectivity index (χ3v) is 1.19. The molecule has 0 amide bonds. The first-order valence-corrected chi connectivity index (χ1v) is 3.10. The van der Waals surface area contributed by atoms with E-state index in [2.05, 4.69) is 10.3 Å². The number of aryl methyl sites for hydroxylation is 1. The summed E-state index contributed by atoms with van der Waals surface area (Å²) >= 11 is 0. The van der Waals surface area contributed by atoms with Crippen LogP contribution in [0.2, 0.25) is 0 Å². The van der Waals surface area contributed by atoms with Crippen LogP contribution in [-0.2, 0) is 0 Å². The van der Waals surface area contributed by atoms with E-state index in [0.29, 0.717) is 0 Å². The first-order chi connectivity index (χ1) is 4.83. The van der Waals surface area contributed by atoms with E-state index < -0.39 is 0 Å². The second kappa shape index (κ2) is 3.17. The summed E-state index contributed by atoms with van der Waals surface area (Å²) in [6, 6.07) is 3.76. The van der Waals surface area contributed by atoms with Crippen LogP contribution in [0.3, 0.4) is 0 Å². The summed E-state index contributed by atoms with van der Waals surface area (Å²) in [5.41, 5.74) is 1.82. The van der Waals surface area contributed by atoms with Crippen LogP contribution in [0.15, 0.2) is 18.3 Å². The molecule has 0 aromatic carbocycles. The molecule has 0 saturated heterocycles. The molecule has 0 saturated carbocycles. The molecule has 0 radical (unpaired) electrons. The van der Waals surface area contributed by atoms with Gasteiger partial charge in [0.1, 0.15) is 6.73 Å². The average molecular weight is 138 g/mol. The zero-order valence-corrected chi connectivity index (χ0v) is 5.83. The molecule has 2 N–H and O–H groups in total. The lowest BCUT2D eigenvalue weighted by Gasteiger charge is -2.00. The van der Waals surface area contributed by atoms with Crippen LogP contribution in [-0.4, -0.2) is 16.8 Å². The first kappa shape index (κ1) is 7.02. The van der Waals surface area contributed by atoms with E-state index in [1.165, 1.54) is 0 Å². The van der Waals surface area contributed by atoms with E-state index in [1.54, 1.807) is 6.20 Å². The summed E-state index contributed by atoms with van der Waals surface area (Å²) in [6.07, 6.45) is 1.69. The second-order valence-corrected chi connectivity index (χ2v) is 2.02. The van der Waals surface area contributed by atoms with Crippen molar-refractivity contribution in [3.05, 3.63) is 24.0 Å². The maximum atomic E-state index is 8.45. The highest BCUT2D eigenvalue weighted by atomic mass is 16.3. The summed E-state index contributed by atoms with van der Waals surface area (Å²) in [4.78, 5) is 4.02. The molecule has 1 aromatic heterocycles. The van der Waals surface area contributed by atoms with Crippen molar-refractivity contribution in [2.75, 3.05) is 12.0 Å². The Hall–Kier alpha value is -1.09. The molecular formula is C7H10N2O. The fourth-order valence-corrected chi connectivity index (χ4v) is 0.664. The SMILES string of the molecule is Cc1ccc(NCO)cn1. The minimum absolute atomic E-state index is 0.0509. The highest BCUT2D eigenvalue weighted by Crippen LogP contribution is 2.03. The van der Waals surface area contributed by atoms with Gasteiger partial charge in [0.25, 0.3) is 0 Å². The molecule has 0 unspecified atom stereocenters. The van der Waals surface area contributed by atoms with Crippen molar-refractivity contribution in [3.63, 3.8) is 0 Å². The van der Waals surface area contributed by atoms with E-state index in [1.807, 2.05) is 19.1 Å². The maximum absolute atomic E-state index is 8.45. The Bertz CT molecular complexity index is 195. The number of aliphatic hydroxyl groups is 1. The predicted molar refractivity (Wildman–Crippen MR) is 39.7 cm³/mol. The molecule has 3 nitrogen and oxygen atoms in total. The average Bonchev–Trinajstić information content (AvgIpc) is 1.95. The zero-order chi connectivity index (χ0) is 7.40. The molecule has 0 fully saturated rings. The number of rotatable bonds is 2. The molecule has 0 spiro atoms. The lowest BCUT2D eigenvalue weighted by molar-refractivity contribution is 0.325. The van der Waals surface area contributed by atoms with Crippen molar-refractivity contribution in [2.24, 2.45) is 0 Å². The molecular weight excluding hydrogens is 128 g/mol. The Morgan fingerprint density at radius 3 is 2.90 bits per heavy atom. The van der Waals surface area contributed by atoms with Crippen LogP contribution in [0.4, 0.5) is 5.69 Å². The van der Waals surface area contributed by atoms with Crippen LogP contribution in [0.1, 0.15) is 5.69 Å². The summed E-state index contributed by atoms with van der Waals surface area (Å²) in [5, 5.41) is 11.2. The smallest absolute Gasteiger partial charge is 0.113 e. The number of nitrogens with zero attached hydrogens (tertiary/aromatic N) is 1. The maximum Gasteiger partial charge on any atom is 0.113 e. The van der Waals surface area contributed by atoms with E-state index in [-0.39, 0.29) is 6.73 Å². The number of pyridine rings is 1. The van der Waals surface area contributed by atoms with Crippen molar-refractivity contribution >= 4 is 5.69 Å². The highest BCUT2D eigenvalue weighted by Gasteiger charge is 1.87. The van der Waals surface area contributed by atoms with Gasteiger partial charge in [-0.3, -0.25) is 4.98 Å². The Kier molecular flexibility index (Phi) is 2.23. The zero-order valence-electron chi connectivity index (χ0n) is 5.83. The quantitative estimate of drug-likeness (QED) is 0.593. The Morgan fingerprint density at radius 1 is 1.60 bits per heavy atom. The Balaban J connectivity index is 2.69. The van der Waals surface area contributed by atoms with E-state index in [9.17, 15) is 0 Å². The minimum Gasteiger partial charge on any atom is -0.377 e. The van der Waals surface area contributed by atoms with Crippen LogP contribution in [0.5, 0.6) is 0 Å². The number of aliphatic hydroxyl groups excluding tert-OH is 1. The standard InChI is InChI=1S/C7H10N2O/c1-6-2-3-7(4-8-6)9-5-10/h2-4,9-10H,5H2,1H3. The number of nitrogens with one attached hydrogen (secondary N) is 1. The number of hydrogen-bond acceptors (Lipinski definition) is 3. The molecule has 0 bridgehead atoms. The summed E-state index contributed by atoms with van der Waals surface area (Å²) in [7, 11) is 0. The number of anilines is 1. The minimum atomic E-state index is -0.0509. The normalized spacial score (nSPS) is 9.40. The van der Waals surface area contributed by atoms with Gasteiger partial charge in [0.05, 0.1) is 11.9 Å². The summed E-state index contributed by atoms with van der Waals surface area (Å²) < 4.78 is 0. The van der Waals surface area contributed by atoms with Gasteiger partial charge in [-0.2, -0.15) is 0 Å². The lowest BCUT2D eigenvalue weighted by Crippen LogP contribution is -1.99. The molecule has 3 heteroatoms. The van der Waals surface area contributed by atoms with E-state index in [0.717, 1.165) is 11.4 Å². The second-order valence-electron chi connectivity index (χ2n) is 2.02. The third kappa shape index (κ3) is 1.70. The topological polar surface area (TPSA) is 45.1 Å². The number of aromatic nitrogens is 1. The van der Waals surface area contributed by atoms with Crippen LogP contribution >= 0.6 is 0 Å². The first-order valence-electron chi connectivity index (χ1n) is 3.10. The molecule has 54 valence electrons. The molecule has 0 aliphatic carbocycles. The van der Waals surface area contributed by atoms with Gasteiger partial charge in [0.15, 0.2) is 0 Å². The lowest BCUT2D eigenvalue weighted by atomic mass is 10.3. The van der Waals surface area contributed by atoms with Crippen molar-refractivity contribution in [3.8, 4) is 0 Å². The molecule has 1 aromatic rings.